The molecule has 0 spiro atoms. The Balaban J connectivity index is 1.95. The van der Waals surface area contributed by atoms with E-state index in [1.165, 1.54) is 0 Å². The Morgan fingerprint density at radius 3 is 2.46 bits per heavy atom. The maximum atomic E-state index is 9.39. The molecular formula is C10H19NO2. The summed E-state index contributed by atoms with van der Waals surface area (Å²) < 4.78 is 5.62. The van der Waals surface area contributed by atoms with Gasteiger partial charge in [-0.3, -0.25) is 0 Å². The van der Waals surface area contributed by atoms with Crippen molar-refractivity contribution in [2.45, 2.75) is 56.3 Å². The molecule has 0 aromatic heterocycles. The van der Waals surface area contributed by atoms with Crippen molar-refractivity contribution in [2.75, 3.05) is 6.61 Å². The fourth-order valence-corrected chi connectivity index (χ4v) is 2.49. The monoisotopic (exact) mass is 185 g/mol. The van der Waals surface area contributed by atoms with Gasteiger partial charge in [0.05, 0.1) is 12.2 Å². The second-order valence-corrected chi connectivity index (χ2v) is 4.47. The highest BCUT2D eigenvalue weighted by Crippen LogP contribution is 2.34. The summed E-state index contributed by atoms with van der Waals surface area (Å²) in [6.07, 6.45) is 5.89. The Kier molecular flexibility index (Phi) is 2.58. The van der Waals surface area contributed by atoms with Gasteiger partial charge in [0.15, 0.2) is 0 Å². The predicted molar refractivity (Wildman–Crippen MR) is 50.4 cm³/mol. The van der Waals surface area contributed by atoms with Gasteiger partial charge in [-0.2, -0.15) is 0 Å². The van der Waals surface area contributed by atoms with E-state index in [0.717, 1.165) is 45.1 Å². The molecule has 1 aliphatic carbocycles. The number of aliphatic hydroxyl groups is 1. The summed E-state index contributed by atoms with van der Waals surface area (Å²) in [5, 5.41) is 9.39. The largest absolute Gasteiger partial charge is 0.393 e. The van der Waals surface area contributed by atoms with Crippen molar-refractivity contribution in [3.05, 3.63) is 0 Å². The molecule has 1 heterocycles. The number of ether oxygens (including phenoxy) is 1. The molecule has 2 fully saturated rings. The zero-order chi connectivity index (χ0) is 9.31. The van der Waals surface area contributed by atoms with Crippen LogP contribution in [0, 0.1) is 0 Å². The van der Waals surface area contributed by atoms with E-state index in [-0.39, 0.29) is 17.7 Å². The fraction of sp³-hybridized carbons (Fsp3) is 1.00. The van der Waals surface area contributed by atoms with Gasteiger partial charge in [0.2, 0.25) is 0 Å². The summed E-state index contributed by atoms with van der Waals surface area (Å²) >= 11 is 0. The van der Waals surface area contributed by atoms with E-state index in [4.69, 9.17) is 10.5 Å². The minimum atomic E-state index is -0.143. The summed E-state index contributed by atoms with van der Waals surface area (Å²) in [4.78, 5) is 0. The van der Waals surface area contributed by atoms with Crippen molar-refractivity contribution >= 4 is 0 Å². The first-order chi connectivity index (χ1) is 6.21. The van der Waals surface area contributed by atoms with Crippen LogP contribution in [0.15, 0.2) is 0 Å². The zero-order valence-corrected chi connectivity index (χ0v) is 8.04. The van der Waals surface area contributed by atoms with Crippen LogP contribution in [0.3, 0.4) is 0 Å². The molecule has 3 nitrogen and oxygen atoms in total. The lowest BCUT2D eigenvalue weighted by Gasteiger charge is -2.39. The number of aliphatic hydroxyl groups excluding tert-OH is 1. The molecule has 0 amide bonds. The van der Waals surface area contributed by atoms with Gasteiger partial charge in [0, 0.05) is 12.1 Å². The van der Waals surface area contributed by atoms with Crippen LogP contribution in [0.2, 0.25) is 0 Å². The SMILES string of the molecule is NC1(C2CCCO2)CCC(O)CC1. The highest BCUT2D eigenvalue weighted by molar-refractivity contribution is 4.97. The fourth-order valence-electron chi connectivity index (χ4n) is 2.49. The quantitative estimate of drug-likeness (QED) is 0.635. The first kappa shape index (κ1) is 9.44. The second kappa shape index (κ2) is 3.56. The van der Waals surface area contributed by atoms with Crippen LogP contribution in [0.5, 0.6) is 0 Å². The van der Waals surface area contributed by atoms with E-state index >= 15 is 0 Å². The maximum absolute atomic E-state index is 9.39. The van der Waals surface area contributed by atoms with Gasteiger partial charge in [-0.1, -0.05) is 0 Å². The number of rotatable bonds is 1. The molecule has 0 aromatic carbocycles. The molecular weight excluding hydrogens is 166 g/mol. The van der Waals surface area contributed by atoms with Gasteiger partial charge in [0.1, 0.15) is 0 Å². The van der Waals surface area contributed by atoms with Crippen molar-refractivity contribution in [3.63, 3.8) is 0 Å². The summed E-state index contributed by atoms with van der Waals surface area (Å²) in [7, 11) is 0. The Bertz CT molecular complexity index is 170. The smallest absolute Gasteiger partial charge is 0.0755 e. The molecule has 0 aromatic rings. The minimum absolute atomic E-state index is 0.127. The average molecular weight is 185 g/mol. The zero-order valence-electron chi connectivity index (χ0n) is 8.04. The molecule has 3 heteroatoms. The third kappa shape index (κ3) is 1.87. The summed E-state index contributed by atoms with van der Waals surface area (Å²) in [5.41, 5.74) is 6.15. The molecule has 2 aliphatic rings. The molecule has 13 heavy (non-hydrogen) atoms. The first-order valence-corrected chi connectivity index (χ1v) is 5.29. The van der Waals surface area contributed by atoms with E-state index in [0.29, 0.717) is 0 Å². The maximum Gasteiger partial charge on any atom is 0.0755 e. The molecule has 1 saturated carbocycles. The van der Waals surface area contributed by atoms with Crippen LogP contribution in [0.4, 0.5) is 0 Å². The molecule has 1 unspecified atom stereocenters. The van der Waals surface area contributed by atoms with Gasteiger partial charge in [-0.25, -0.2) is 0 Å². The average Bonchev–Trinajstić information content (AvgIpc) is 2.63. The van der Waals surface area contributed by atoms with E-state index in [2.05, 4.69) is 0 Å². The normalized spacial score (nSPS) is 46.6. The van der Waals surface area contributed by atoms with E-state index in [9.17, 15) is 5.11 Å². The lowest BCUT2D eigenvalue weighted by Crippen LogP contribution is -2.53. The van der Waals surface area contributed by atoms with E-state index < -0.39 is 0 Å². The topological polar surface area (TPSA) is 55.5 Å². The van der Waals surface area contributed by atoms with Crippen LogP contribution >= 0.6 is 0 Å². The molecule has 76 valence electrons. The van der Waals surface area contributed by atoms with Gasteiger partial charge < -0.3 is 15.6 Å². The number of hydrogen-bond acceptors (Lipinski definition) is 3. The van der Waals surface area contributed by atoms with E-state index in [1.807, 2.05) is 0 Å². The Labute approximate surface area is 79.3 Å². The second-order valence-electron chi connectivity index (χ2n) is 4.47. The molecule has 3 N–H and O–H groups in total. The summed E-state index contributed by atoms with van der Waals surface area (Å²) in [5.74, 6) is 0. The highest BCUT2D eigenvalue weighted by atomic mass is 16.5. The first-order valence-electron chi connectivity index (χ1n) is 5.29. The number of hydrogen-bond donors (Lipinski definition) is 2. The van der Waals surface area contributed by atoms with Crippen LogP contribution < -0.4 is 5.73 Å². The molecule has 1 saturated heterocycles. The lowest BCUT2D eigenvalue weighted by atomic mass is 9.76. The van der Waals surface area contributed by atoms with Gasteiger partial charge in [-0.15, -0.1) is 0 Å². The molecule has 2 rings (SSSR count). The Hall–Kier alpha value is -0.120. The molecule has 1 atom stereocenters. The summed E-state index contributed by atoms with van der Waals surface area (Å²) in [6, 6.07) is 0. The predicted octanol–water partition coefficient (Wildman–Crippen LogP) is 0.798. The molecule has 1 aliphatic heterocycles. The Morgan fingerprint density at radius 2 is 1.92 bits per heavy atom. The minimum Gasteiger partial charge on any atom is -0.393 e. The van der Waals surface area contributed by atoms with Crippen LogP contribution in [-0.2, 0) is 4.74 Å². The number of nitrogens with two attached hydrogens (primary N) is 1. The van der Waals surface area contributed by atoms with Crippen molar-refractivity contribution in [3.8, 4) is 0 Å². The van der Waals surface area contributed by atoms with E-state index in [1.54, 1.807) is 0 Å². The van der Waals surface area contributed by atoms with Crippen molar-refractivity contribution in [1.82, 2.24) is 0 Å². The van der Waals surface area contributed by atoms with Gasteiger partial charge >= 0.3 is 0 Å². The van der Waals surface area contributed by atoms with Crippen molar-refractivity contribution in [2.24, 2.45) is 5.73 Å². The molecule has 0 radical (unpaired) electrons. The molecule has 0 bridgehead atoms. The van der Waals surface area contributed by atoms with Crippen LogP contribution in [0.25, 0.3) is 0 Å². The van der Waals surface area contributed by atoms with Crippen molar-refractivity contribution in [1.29, 1.82) is 0 Å². The Morgan fingerprint density at radius 1 is 1.23 bits per heavy atom. The van der Waals surface area contributed by atoms with Gasteiger partial charge in [0.25, 0.3) is 0 Å². The highest BCUT2D eigenvalue weighted by Gasteiger charge is 2.40. The lowest BCUT2D eigenvalue weighted by molar-refractivity contribution is 0.00354. The van der Waals surface area contributed by atoms with Gasteiger partial charge in [-0.05, 0) is 38.5 Å². The van der Waals surface area contributed by atoms with Crippen LogP contribution in [-0.4, -0.2) is 29.5 Å². The van der Waals surface area contributed by atoms with Crippen molar-refractivity contribution < 1.29 is 9.84 Å². The summed E-state index contributed by atoms with van der Waals surface area (Å²) in [6.45, 7) is 0.867. The third-order valence-electron chi connectivity index (χ3n) is 3.46. The third-order valence-corrected chi connectivity index (χ3v) is 3.46. The van der Waals surface area contributed by atoms with Crippen LogP contribution in [0.1, 0.15) is 38.5 Å². The standard InChI is InChI=1S/C10H19NO2/c11-10(9-2-1-7-13-9)5-3-8(12)4-6-10/h8-9,12H,1-7,11H2.